The third kappa shape index (κ3) is 3.37. The molecular weight excluding hydrogens is 346 g/mol. The van der Waals surface area contributed by atoms with Gasteiger partial charge in [0.05, 0.1) is 39.5 Å². The number of rotatable bonds is 5. The van der Waals surface area contributed by atoms with Crippen LogP contribution in [0, 0.1) is 5.92 Å². The molecule has 2 aromatic heterocycles. The van der Waals surface area contributed by atoms with Gasteiger partial charge in [-0.3, -0.25) is 4.68 Å². The minimum atomic E-state index is -0.0760. The molecule has 2 heterocycles. The average Bonchev–Trinajstić information content (AvgIpc) is 3.24. The van der Waals surface area contributed by atoms with Gasteiger partial charge in [-0.05, 0) is 51.4 Å². The highest BCUT2D eigenvalue weighted by Gasteiger charge is 2.31. The molecule has 0 bridgehead atoms. The molecule has 0 spiro atoms. The molecule has 140 valence electrons. The standard InChI is InChI=1S/C19H27N5OS/c1-4-17-22-15-6-5-7-16(18(15)26-17)23(3)19(25)21-14-10-20-24(11-14)12(2)13-8-9-13/h10-13,16H,4-9H2,1-3H3,(H,21,25). The Hall–Kier alpha value is -1.89. The number of hydrogen-bond donors (Lipinski definition) is 1. The fraction of sp³-hybridized carbons (Fsp3) is 0.632. The Balaban J connectivity index is 1.44. The van der Waals surface area contributed by atoms with Crippen LogP contribution >= 0.6 is 11.3 Å². The molecular formula is C19H27N5OS. The second kappa shape index (κ2) is 7.02. The molecule has 4 rings (SSSR count). The minimum Gasteiger partial charge on any atom is -0.320 e. The fourth-order valence-corrected chi connectivity index (χ4v) is 4.97. The van der Waals surface area contributed by atoms with Gasteiger partial charge in [0.25, 0.3) is 0 Å². The van der Waals surface area contributed by atoms with Crippen molar-refractivity contribution in [3.05, 3.63) is 28.0 Å². The van der Waals surface area contributed by atoms with E-state index in [1.807, 2.05) is 22.8 Å². The molecule has 0 radical (unpaired) electrons. The van der Waals surface area contributed by atoms with Crippen LogP contribution in [-0.4, -0.2) is 32.7 Å². The van der Waals surface area contributed by atoms with Gasteiger partial charge in [0.1, 0.15) is 0 Å². The average molecular weight is 374 g/mol. The first-order chi connectivity index (χ1) is 12.6. The Morgan fingerprint density at radius 3 is 3.00 bits per heavy atom. The van der Waals surface area contributed by atoms with E-state index in [1.54, 1.807) is 17.5 Å². The van der Waals surface area contributed by atoms with E-state index in [0.29, 0.717) is 6.04 Å². The number of carbonyl (C=O) groups excluding carboxylic acids is 1. The molecule has 0 aliphatic heterocycles. The van der Waals surface area contributed by atoms with Crippen molar-refractivity contribution in [3.8, 4) is 0 Å². The van der Waals surface area contributed by atoms with Crippen molar-refractivity contribution in [2.24, 2.45) is 5.92 Å². The highest BCUT2D eigenvalue weighted by molar-refractivity contribution is 7.11. The van der Waals surface area contributed by atoms with Crippen molar-refractivity contribution in [3.63, 3.8) is 0 Å². The first-order valence-corrected chi connectivity index (χ1v) is 10.4. The molecule has 1 saturated carbocycles. The van der Waals surface area contributed by atoms with Gasteiger partial charge in [0, 0.05) is 13.2 Å². The summed E-state index contributed by atoms with van der Waals surface area (Å²) in [6.45, 7) is 4.33. The molecule has 0 aromatic carbocycles. The van der Waals surface area contributed by atoms with E-state index in [0.717, 1.165) is 37.3 Å². The van der Waals surface area contributed by atoms with Crippen LogP contribution in [0.3, 0.4) is 0 Å². The zero-order valence-electron chi connectivity index (χ0n) is 15.7. The van der Waals surface area contributed by atoms with E-state index in [1.165, 1.54) is 28.4 Å². The third-order valence-corrected chi connectivity index (χ3v) is 6.97. The van der Waals surface area contributed by atoms with E-state index in [9.17, 15) is 4.79 Å². The lowest BCUT2D eigenvalue weighted by Gasteiger charge is -2.30. The maximum Gasteiger partial charge on any atom is 0.322 e. The summed E-state index contributed by atoms with van der Waals surface area (Å²) in [5.74, 6) is 0.737. The number of urea groups is 1. The number of carbonyl (C=O) groups is 1. The summed E-state index contributed by atoms with van der Waals surface area (Å²) < 4.78 is 1.97. The minimum absolute atomic E-state index is 0.0760. The Labute approximate surface area is 158 Å². The molecule has 1 fully saturated rings. The Kier molecular flexibility index (Phi) is 4.73. The van der Waals surface area contributed by atoms with Gasteiger partial charge in [0.15, 0.2) is 0 Å². The maximum atomic E-state index is 12.8. The van der Waals surface area contributed by atoms with E-state index < -0.39 is 0 Å². The lowest BCUT2D eigenvalue weighted by molar-refractivity contribution is 0.198. The number of nitrogens with one attached hydrogen (secondary N) is 1. The first kappa shape index (κ1) is 17.5. The summed E-state index contributed by atoms with van der Waals surface area (Å²) in [5.41, 5.74) is 1.96. The fourth-order valence-electron chi connectivity index (χ4n) is 3.74. The molecule has 2 aliphatic rings. The zero-order chi connectivity index (χ0) is 18.3. The van der Waals surface area contributed by atoms with E-state index in [-0.39, 0.29) is 12.1 Å². The number of hydrogen-bond acceptors (Lipinski definition) is 4. The number of amides is 2. The van der Waals surface area contributed by atoms with Gasteiger partial charge in [-0.25, -0.2) is 9.78 Å². The van der Waals surface area contributed by atoms with E-state index in [4.69, 9.17) is 4.98 Å². The molecule has 7 heteroatoms. The predicted molar refractivity (Wildman–Crippen MR) is 104 cm³/mol. The number of anilines is 1. The van der Waals surface area contributed by atoms with Crippen LogP contribution in [0.4, 0.5) is 10.5 Å². The molecule has 2 aliphatic carbocycles. The molecule has 1 N–H and O–H groups in total. The summed E-state index contributed by atoms with van der Waals surface area (Å²) in [6, 6.07) is 0.453. The lowest BCUT2D eigenvalue weighted by atomic mass is 9.97. The van der Waals surface area contributed by atoms with Gasteiger partial charge < -0.3 is 10.2 Å². The number of aromatic nitrogens is 3. The van der Waals surface area contributed by atoms with Crippen molar-refractivity contribution in [1.29, 1.82) is 0 Å². The molecule has 2 atom stereocenters. The van der Waals surface area contributed by atoms with Gasteiger partial charge in [0.2, 0.25) is 0 Å². The van der Waals surface area contributed by atoms with Crippen LogP contribution in [0.2, 0.25) is 0 Å². The Morgan fingerprint density at radius 1 is 1.46 bits per heavy atom. The summed E-state index contributed by atoms with van der Waals surface area (Å²) in [5, 5.41) is 8.61. The summed E-state index contributed by atoms with van der Waals surface area (Å²) in [4.78, 5) is 20.6. The lowest BCUT2D eigenvalue weighted by Crippen LogP contribution is -2.36. The second-order valence-corrected chi connectivity index (χ2v) is 8.62. The quantitative estimate of drug-likeness (QED) is 0.844. The monoisotopic (exact) mass is 373 g/mol. The SMILES string of the molecule is CCc1nc2c(s1)C(N(C)C(=O)Nc1cnn(C(C)C3CC3)c1)CCC2. The normalized spacial score (nSPS) is 20.5. The third-order valence-electron chi connectivity index (χ3n) is 5.63. The molecule has 2 unspecified atom stereocenters. The molecule has 26 heavy (non-hydrogen) atoms. The number of nitrogens with zero attached hydrogens (tertiary/aromatic N) is 4. The number of thiazole rings is 1. The Bertz CT molecular complexity index is 794. The maximum absolute atomic E-state index is 12.8. The Morgan fingerprint density at radius 2 is 2.27 bits per heavy atom. The zero-order valence-corrected chi connectivity index (χ0v) is 16.6. The molecule has 2 aromatic rings. The van der Waals surface area contributed by atoms with Crippen molar-refractivity contribution in [1.82, 2.24) is 19.7 Å². The van der Waals surface area contributed by atoms with Crippen molar-refractivity contribution >= 4 is 23.1 Å². The number of fused-ring (bicyclic) bond motifs is 1. The van der Waals surface area contributed by atoms with Crippen molar-refractivity contribution < 1.29 is 4.79 Å². The summed E-state index contributed by atoms with van der Waals surface area (Å²) in [6.07, 6.45) is 10.3. The second-order valence-electron chi connectivity index (χ2n) is 7.51. The molecule has 0 saturated heterocycles. The van der Waals surface area contributed by atoms with Crippen LogP contribution in [-0.2, 0) is 12.8 Å². The highest BCUT2D eigenvalue weighted by Crippen LogP contribution is 2.40. The topological polar surface area (TPSA) is 63.1 Å². The summed E-state index contributed by atoms with van der Waals surface area (Å²) >= 11 is 1.76. The highest BCUT2D eigenvalue weighted by atomic mass is 32.1. The molecule has 2 amide bonds. The van der Waals surface area contributed by atoms with E-state index in [2.05, 4.69) is 24.3 Å². The van der Waals surface area contributed by atoms with Crippen LogP contribution in [0.25, 0.3) is 0 Å². The van der Waals surface area contributed by atoms with Crippen LogP contribution < -0.4 is 5.32 Å². The van der Waals surface area contributed by atoms with Crippen LogP contribution in [0.15, 0.2) is 12.4 Å². The van der Waals surface area contributed by atoms with Crippen LogP contribution in [0.5, 0.6) is 0 Å². The number of aryl methyl sites for hydroxylation is 2. The van der Waals surface area contributed by atoms with Gasteiger partial charge in [-0.2, -0.15) is 5.10 Å². The van der Waals surface area contributed by atoms with Gasteiger partial charge in [-0.1, -0.05) is 6.92 Å². The molecule has 6 nitrogen and oxygen atoms in total. The predicted octanol–water partition coefficient (Wildman–Crippen LogP) is 4.41. The van der Waals surface area contributed by atoms with Gasteiger partial charge >= 0.3 is 6.03 Å². The first-order valence-electron chi connectivity index (χ1n) is 9.63. The smallest absolute Gasteiger partial charge is 0.320 e. The summed E-state index contributed by atoms with van der Waals surface area (Å²) in [7, 11) is 1.89. The van der Waals surface area contributed by atoms with Gasteiger partial charge in [-0.15, -0.1) is 11.3 Å². The largest absolute Gasteiger partial charge is 0.322 e. The van der Waals surface area contributed by atoms with Crippen LogP contribution in [0.1, 0.15) is 67.2 Å². The van der Waals surface area contributed by atoms with Crippen molar-refractivity contribution in [2.45, 2.75) is 64.5 Å². The van der Waals surface area contributed by atoms with E-state index >= 15 is 0 Å². The van der Waals surface area contributed by atoms with Crippen molar-refractivity contribution in [2.75, 3.05) is 12.4 Å².